The van der Waals surface area contributed by atoms with E-state index >= 15 is 0 Å². The van der Waals surface area contributed by atoms with Crippen LogP contribution in [0.5, 0.6) is 5.75 Å². The van der Waals surface area contributed by atoms with Gasteiger partial charge in [-0.3, -0.25) is 4.98 Å². The van der Waals surface area contributed by atoms with Crippen molar-refractivity contribution in [3.05, 3.63) is 88.2 Å². The normalized spacial score (nSPS) is 12.4. The number of hydrogen-bond donors (Lipinski definition) is 2. The Kier molecular flexibility index (Phi) is 7.52. The molecule has 0 aliphatic carbocycles. The Labute approximate surface area is 228 Å². The largest absolute Gasteiger partial charge is 0.486 e. The van der Waals surface area contributed by atoms with Crippen LogP contribution in [0.25, 0.3) is 22.2 Å². The fourth-order valence-electron chi connectivity index (χ4n) is 3.77. The van der Waals surface area contributed by atoms with Gasteiger partial charge in [0, 0.05) is 34.5 Å². The minimum absolute atomic E-state index is 0.158. The zero-order chi connectivity index (χ0) is 26.7. The first-order valence-corrected chi connectivity index (χ1v) is 14.8. The SMILES string of the molecule is CS(=O)(=O)CC(N)c1nc(-c2ccc3ncnc(Nc4ccc(OCc5ccccn5)c(Cl)c4)c3c2)cs1. The molecule has 0 radical (unpaired) electrons. The van der Waals surface area contributed by atoms with Gasteiger partial charge < -0.3 is 15.8 Å². The number of fused-ring (bicyclic) bond motifs is 1. The van der Waals surface area contributed by atoms with Crippen molar-refractivity contribution in [3.8, 4) is 17.0 Å². The van der Waals surface area contributed by atoms with E-state index in [4.69, 9.17) is 22.1 Å². The number of benzene rings is 2. The highest BCUT2D eigenvalue weighted by atomic mass is 35.5. The monoisotopic (exact) mass is 566 g/mol. The number of hydrogen-bond acceptors (Lipinski definition) is 10. The summed E-state index contributed by atoms with van der Waals surface area (Å²) in [5.74, 6) is 0.986. The van der Waals surface area contributed by atoms with Crippen LogP contribution in [0.3, 0.4) is 0 Å². The highest BCUT2D eigenvalue weighted by Gasteiger charge is 2.17. The van der Waals surface area contributed by atoms with Crippen LogP contribution in [0.1, 0.15) is 16.7 Å². The first-order chi connectivity index (χ1) is 18.2. The Balaban J connectivity index is 1.37. The quantitative estimate of drug-likeness (QED) is 0.248. The van der Waals surface area contributed by atoms with Gasteiger partial charge in [0.1, 0.15) is 39.3 Å². The first-order valence-electron chi connectivity index (χ1n) is 11.5. The Bertz CT molecular complexity index is 1700. The number of rotatable bonds is 9. The third-order valence-electron chi connectivity index (χ3n) is 5.55. The molecule has 194 valence electrons. The second-order valence-corrected chi connectivity index (χ2v) is 12.1. The second kappa shape index (κ2) is 11.0. The minimum Gasteiger partial charge on any atom is -0.486 e. The van der Waals surface area contributed by atoms with Crippen LogP contribution >= 0.6 is 22.9 Å². The Morgan fingerprint density at radius 2 is 1.97 bits per heavy atom. The molecule has 5 rings (SSSR count). The van der Waals surface area contributed by atoms with E-state index in [0.717, 1.165) is 34.1 Å². The second-order valence-electron chi connectivity index (χ2n) is 8.60. The van der Waals surface area contributed by atoms with Crippen LogP contribution in [-0.2, 0) is 16.4 Å². The van der Waals surface area contributed by atoms with Crippen LogP contribution in [0.15, 0.2) is 72.5 Å². The van der Waals surface area contributed by atoms with Gasteiger partial charge in [-0.2, -0.15) is 0 Å². The van der Waals surface area contributed by atoms with Gasteiger partial charge >= 0.3 is 0 Å². The predicted octanol–water partition coefficient (Wildman–Crippen LogP) is 5.17. The molecule has 1 atom stereocenters. The smallest absolute Gasteiger partial charge is 0.149 e. The molecule has 0 fully saturated rings. The van der Waals surface area contributed by atoms with Crippen molar-refractivity contribution in [3.63, 3.8) is 0 Å². The summed E-state index contributed by atoms with van der Waals surface area (Å²) in [6.45, 7) is 0.310. The summed E-state index contributed by atoms with van der Waals surface area (Å²) in [6.07, 6.45) is 4.36. The number of pyridine rings is 1. The number of nitrogens with one attached hydrogen (secondary N) is 1. The fraction of sp³-hybridized carbons (Fsp3) is 0.154. The van der Waals surface area contributed by atoms with Crippen molar-refractivity contribution < 1.29 is 13.2 Å². The van der Waals surface area contributed by atoms with Gasteiger partial charge in [0.2, 0.25) is 0 Å². The van der Waals surface area contributed by atoms with E-state index in [-0.39, 0.29) is 5.75 Å². The molecule has 9 nitrogen and oxygen atoms in total. The third kappa shape index (κ3) is 6.25. The molecule has 0 amide bonds. The van der Waals surface area contributed by atoms with Crippen molar-refractivity contribution in [2.24, 2.45) is 5.73 Å². The molecular formula is C26H23ClN6O3S2. The highest BCUT2D eigenvalue weighted by Crippen LogP contribution is 2.33. The van der Waals surface area contributed by atoms with Gasteiger partial charge in [-0.25, -0.2) is 23.4 Å². The van der Waals surface area contributed by atoms with Crippen molar-refractivity contribution in [1.82, 2.24) is 19.9 Å². The predicted molar refractivity (Wildman–Crippen MR) is 151 cm³/mol. The minimum atomic E-state index is -3.22. The van der Waals surface area contributed by atoms with E-state index in [1.807, 2.05) is 47.8 Å². The van der Waals surface area contributed by atoms with Crippen LogP contribution in [0.4, 0.5) is 11.5 Å². The van der Waals surface area contributed by atoms with Crippen molar-refractivity contribution in [2.45, 2.75) is 12.6 Å². The number of halogens is 1. The number of thiazole rings is 1. The van der Waals surface area contributed by atoms with Gasteiger partial charge in [0.05, 0.1) is 33.7 Å². The summed E-state index contributed by atoms with van der Waals surface area (Å²) in [5.41, 5.74) is 9.87. The Morgan fingerprint density at radius 1 is 1.11 bits per heavy atom. The zero-order valence-electron chi connectivity index (χ0n) is 20.2. The molecule has 0 aliphatic heterocycles. The maximum absolute atomic E-state index is 11.6. The number of nitrogens with two attached hydrogens (primary N) is 1. The van der Waals surface area contributed by atoms with E-state index in [9.17, 15) is 8.42 Å². The highest BCUT2D eigenvalue weighted by molar-refractivity contribution is 7.90. The molecule has 38 heavy (non-hydrogen) atoms. The van der Waals surface area contributed by atoms with Crippen LogP contribution in [-0.4, -0.2) is 40.4 Å². The number of anilines is 2. The Hall–Kier alpha value is -3.64. The number of ether oxygens (including phenoxy) is 1. The van der Waals surface area contributed by atoms with E-state index in [1.165, 1.54) is 17.7 Å². The molecule has 0 bridgehead atoms. The lowest BCUT2D eigenvalue weighted by atomic mass is 10.1. The topological polar surface area (TPSA) is 133 Å². The van der Waals surface area contributed by atoms with Gasteiger partial charge in [-0.05, 0) is 42.5 Å². The van der Waals surface area contributed by atoms with Crippen LogP contribution < -0.4 is 15.8 Å². The standard InChI is InChI=1S/C26H23ClN6O3S2/c1-38(34,35)14-21(28)26-33-23(13-37-26)16-5-7-22-19(10-16)25(31-15-30-22)32-17-6-8-24(20(27)11-17)36-12-18-4-2-3-9-29-18/h2-11,13,15,21H,12,14,28H2,1H3,(H,30,31,32). The first kappa shape index (κ1) is 26.0. The van der Waals surface area contributed by atoms with E-state index in [1.54, 1.807) is 18.3 Å². The number of nitrogens with zero attached hydrogens (tertiary/aromatic N) is 4. The molecule has 5 aromatic rings. The molecule has 0 saturated heterocycles. The summed E-state index contributed by atoms with van der Waals surface area (Å²) < 4.78 is 29.0. The van der Waals surface area contributed by atoms with E-state index < -0.39 is 15.9 Å². The molecule has 3 aromatic heterocycles. The maximum Gasteiger partial charge on any atom is 0.149 e. The van der Waals surface area contributed by atoms with E-state index in [2.05, 4.69) is 25.3 Å². The molecular weight excluding hydrogens is 544 g/mol. The lowest BCUT2D eigenvalue weighted by Gasteiger charge is -2.12. The number of aromatic nitrogens is 4. The van der Waals surface area contributed by atoms with Gasteiger partial charge in [-0.15, -0.1) is 11.3 Å². The lowest BCUT2D eigenvalue weighted by molar-refractivity contribution is 0.301. The molecule has 2 aromatic carbocycles. The average Bonchev–Trinajstić information content (AvgIpc) is 3.39. The summed E-state index contributed by atoms with van der Waals surface area (Å²) in [4.78, 5) is 17.6. The van der Waals surface area contributed by atoms with Crippen molar-refractivity contribution in [1.29, 1.82) is 0 Å². The lowest BCUT2D eigenvalue weighted by Crippen LogP contribution is -2.20. The number of sulfone groups is 1. The molecule has 3 N–H and O–H groups in total. The van der Waals surface area contributed by atoms with Gasteiger partial charge in [0.15, 0.2) is 0 Å². The third-order valence-corrected chi connectivity index (χ3v) is 7.79. The molecule has 0 saturated carbocycles. The van der Waals surface area contributed by atoms with Gasteiger partial charge in [-0.1, -0.05) is 23.7 Å². The molecule has 12 heteroatoms. The summed E-state index contributed by atoms with van der Waals surface area (Å²) in [7, 11) is -3.22. The summed E-state index contributed by atoms with van der Waals surface area (Å²) in [5, 5.41) is 6.97. The van der Waals surface area contributed by atoms with Crippen LogP contribution in [0, 0.1) is 0 Å². The molecule has 1 unspecified atom stereocenters. The molecule has 3 heterocycles. The molecule has 0 spiro atoms. The molecule has 0 aliphatic rings. The van der Waals surface area contributed by atoms with Gasteiger partial charge in [0.25, 0.3) is 0 Å². The average molecular weight is 567 g/mol. The Morgan fingerprint density at radius 3 is 2.74 bits per heavy atom. The summed E-state index contributed by atoms with van der Waals surface area (Å²) >= 11 is 7.81. The van der Waals surface area contributed by atoms with Crippen molar-refractivity contribution >= 4 is 55.2 Å². The van der Waals surface area contributed by atoms with Crippen molar-refractivity contribution in [2.75, 3.05) is 17.3 Å². The zero-order valence-corrected chi connectivity index (χ0v) is 22.6. The van der Waals surface area contributed by atoms with E-state index in [0.29, 0.717) is 33.9 Å². The fourth-order valence-corrected chi connectivity index (χ4v) is 5.75. The summed E-state index contributed by atoms with van der Waals surface area (Å²) in [6, 6.07) is 16.1. The maximum atomic E-state index is 11.6. The van der Waals surface area contributed by atoms with Crippen LogP contribution in [0.2, 0.25) is 5.02 Å².